The summed E-state index contributed by atoms with van der Waals surface area (Å²) in [7, 11) is 0. The van der Waals surface area contributed by atoms with Gasteiger partial charge in [0.05, 0.1) is 6.61 Å². The highest BCUT2D eigenvalue weighted by Gasteiger charge is 2.07. The molecular weight excluding hydrogens is 246 g/mol. The van der Waals surface area contributed by atoms with Gasteiger partial charge in [0.25, 0.3) is 0 Å². The largest absolute Gasteiger partial charge is 0.504 e. The zero-order valence-electron chi connectivity index (χ0n) is 10.8. The minimum atomic E-state index is -0.542. The van der Waals surface area contributed by atoms with E-state index in [0.717, 1.165) is 12.8 Å². The van der Waals surface area contributed by atoms with Crippen LogP contribution in [0.15, 0.2) is 16.9 Å². The van der Waals surface area contributed by atoms with Gasteiger partial charge in [0.15, 0.2) is 11.5 Å². The summed E-state index contributed by atoms with van der Waals surface area (Å²) in [4.78, 5) is 14.7. The maximum absolute atomic E-state index is 11.0. The van der Waals surface area contributed by atoms with Crippen molar-refractivity contribution < 1.29 is 9.84 Å². The SMILES string of the molecule is CCCCCCOc1cc2n[nH]c(=O)nc2cc1O. The molecular formula is C13H17N3O3. The Morgan fingerprint density at radius 1 is 1.26 bits per heavy atom. The number of hydrogen-bond acceptors (Lipinski definition) is 5. The summed E-state index contributed by atoms with van der Waals surface area (Å²) in [5, 5.41) is 15.9. The van der Waals surface area contributed by atoms with Gasteiger partial charge in [-0.15, -0.1) is 0 Å². The van der Waals surface area contributed by atoms with E-state index >= 15 is 0 Å². The molecule has 1 aromatic heterocycles. The summed E-state index contributed by atoms with van der Waals surface area (Å²) >= 11 is 0. The molecule has 0 aliphatic heterocycles. The maximum Gasteiger partial charge on any atom is 0.361 e. The van der Waals surface area contributed by atoms with Gasteiger partial charge in [-0.3, -0.25) is 0 Å². The molecule has 0 atom stereocenters. The average Bonchev–Trinajstić information content (AvgIpc) is 2.39. The molecule has 6 nitrogen and oxygen atoms in total. The van der Waals surface area contributed by atoms with Gasteiger partial charge in [-0.25, -0.2) is 9.89 Å². The van der Waals surface area contributed by atoms with E-state index in [1.165, 1.54) is 18.9 Å². The number of fused-ring (bicyclic) bond motifs is 1. The molecule has 0 unspecified atom stereocenters. The Morgan fingerprint density at radius 3 is 2.89 bits per heavy atom. The Labute approximate surface area is 110 Å². The van der Waals surface area contributed by atoms with Crippen LogP contribution in [0.2, 0.25) is 0 Å². The molecule has 0 saturated heterocycles. The molecule has 2 rings (SSSR count). The van der Waals surface area contributed by atoms with Gasteiger partial charge >= 0.3 is 5.69 Å². The van der Waals surface area contributed by atoms with Crippen LogP contribution in [0.5, 0.6) is 11.5 Å². The third-order valence-corrected chi connectivity index (χ3v) is 2.81. The van der Waals surface area contributed by atoms with Crippen molar-refractivity contribution in [3.05, 3.63) is 22.6 Å². The van der Waals surface area contributed by atoms with E-state index in [4.69, 9.17) is 4.74 Å². The highest BCUT2D eigenvalue weighted by atomic mass is 16.5. The lowest BCUT2D eigenvalue weighted by Crippen LogP contribution is -2.11. The van der Waals surface area contributed by atoms with Crippen LogP contribution in [0.3, 0.4) is 0 Å². The number of unbranched alkanes of at least 4 members (excludes halogenated alkanes) is 3. The highest BCUT2D eigenvalue weighted by molar-refractivity contribution is 5.77. The predicted octanol–water partition coefficient (Wildman–Crippen LogP) is 1.98. The first-order valence-corrected chi connectivity index (χ1v) is 6.43. The Hall–Kier alpha value is -2.11. The zero-order chi connectivity index (χ0) is 13.7. The number of rotatable bonds is 6. The summed E-state index contributed by atoms with van der Waals surface area (Å²) in [6.45, 7) is 2.70. The molecule has 0 amide bonds. The minimum absolute atomic E-state index is 0.0251. The molecule has 0 radical (unpaired) electrons. The first-order chi connectivity index (χ1) is 9.20. The lowest BCUT2D eigenvalue weighted by molar-refractivity contribution is 0.290. The van der Waals surface area contributed by atoms with Crippen molar-refractivity contribution in [1.82, 2.24) is 15.2 Å². The van der Waals surface area contributed by atoms with E-state index in [9.17, 15) is 9.90 Å². The second-order valence-electron chi connectivity index (χ2n) is 4.36. The van der Waals surface area contributed by atoms with Crippen LogP contribution >= 0.6 is 0 Å². The molecule has 0 bridgehead atoms. The average molecular weight is 263 g/mol. The molecule has 0 saturated carbocycles. The molecule has 0 fully saturated rings. The minimum Gasteiger partial charge on any atom is -0.504 e. The number of benzene rings is 1. The number of H-pyrrole nitrogens is 1. The van der Waals surface area contributed by atoms with Gasteiger partial charge in [-0.2, -0.15) is 10.1 Å². The van der Waals surface area contributed by atoms with Crippen molar-refractivity contribution in [3.8, 4) is 11.5 Å². The standard InChI is InChI=1S/C13H17N3O3/c1-2-3-4-5-6-19-12-8-10-9(7-11(12)17)14-13(18)16-15-10/h7-8,17H,2-6H2,1H3,(H,14,16,18). The lowest BCUT2D eigenvalue weighted by atomic mass is 10.2. The quantitative estimate of drug-likeness (QED) is 0.778. The second kappa shape index (κ2) is 6.17. The van der Waals surface area contributed by atoms with Gasteiger partial charge in [-0.05, 0) is 6.42 Å². The molecule has 0 aliphatic rings. The van der Waals surface area contributed by atoms with E-state index in [0.29, 0.717) is 23.4 Å². The van der Waals surface area contributed by atoms with E-state index in [2.05, 4.69) is 22.1 Å². The Morgan fingerprint density at radius 2 is 2.11 bits per heavy atom. The smallest absolute Gasteiger partial charge is 0.361 e. The third kappa shape index (κ3) is 3.43. The van der Waals surface area contributed by atoms with Crippen LogP contribution in [0.1, 0.15) is 32.6 Å². The number of ether oxygens (including phenoxy) is 1. The first-order valence-electron chi connectivity index (χ1n) is 6.43. The monoisotopic (exact) mass is 263 g/mol. The Bertz CT molecular complexity index is 610. The molecule has 2 aromatic rings. The van der Waals surface area contributed by atoms with Crippen LogP contribution in [0.25, 0.3) is 11.0 Å². The third-order valence-electron chi connectivity index (χ3n) is 2.81. The van der Waals surface area contributed by atoms with Crippen LogP contribution in [0, 0.1) is 0 Å². The maximum atomic E-state index is 11.0. The summed E-state index contributed by atoms with van der Waals surface area (Å²) in [5.74, 6) is 0.341. The van der Waals surface area contributed by atoms with Crippen molar-refractivity contribution in [2.45, 2.75) is 32.6 Å². The van der Waals surface area contributed by atoms with Gasteiger partial charge in [-0.1, -0.05) is 26.2 Å². The summed E-state index contributed by atoms with van der Waals surface area (Å²) in [6.07, 6.45) is 4.41. The van der Waals surface area contributed by atoms with E-state index in [1.807, 2.05) is 0 Å². The number of aromatic nitrogens is 3. The number of nitrogens with zero attached hydrogens (tertiary/aromatic N) is 2. The van der Waals surface area contributed by atoms with E-state index < -0.39 is 5.69 Å². The zero-order valence-corrected chi connectivity index (χ0v) is 10.8. The summed E-state index contributed by atoms with van der Waals surface area (Å²) in [5.41, 5.74) is 0.292. The molecule has 0 aliphatic carbocycles. The highest BCUT2D eigenvalue weighted by Crippen LogP contribution is 2.29. The Kier molecular flexibility index (Phi) is 4.33. The van der Waals surface area contributed by atoms with Gasteiger partial charge in [0.2, 0.25) is 0 Å². The van der Waals surface area contributed by atoms with E-state index in [-0.39, 0.29) is 5.75 Å². The molecule has 0 spiro atoms. The molecule has 2 N–H and O–H groups in total. The number of phenolic OH excluding ortho intramolecular Hbond substituents is 1. The molecule has 1 heterocycles. The fourth-order valence-electron chi connectivity index (χ4n) is 1.79. The van der Waals surface area contributed by atoms with Crippen molar-refractivity contribution in [2.24, 2.45) is 0 Å². The molecule has 102 valence electrons. The molecule has 19 heavy (non-hydrogen) atoms. The van der Waals surface area contributed by atoms with E-state index in [1.54, 1.807) is 6.07 Å². The second-order valence-corrected chi connectivity index (χ2v) is 4.36. The van der Waals surface area contributed by atoms with Crippen LogP contribution in [0.4, 0.5) is 0 Å². The van der Waals surface area contributed by atoms with Crippen LogP contribution in [-0.4, -0.2) is 26.9 Å². The number of nitrogens with one attached hydrogen (secondary N) is 1. The molecule has 6 heteroatoms. The van der Waals surface area contributed by atoms with Crippen molar-refractivity contribution in [3.63, 3.8) is 0 Å². The number of aromatic hydroxyl groups is 1. The van der Waals surface area contributed by atoms with Crippen molar-refractivity contribution >= 4 is 11.0 Å². The van der Waals surface area contributed by atoms with Crippen LogP contribution in [-0.2, 0) is 0 Å². The predicted molar refractivity (Wildman–Crippen MR) is 71.5 cm³/mol. The van der Waals surface area contributed by atoms with Crippen molar-refractivity contribution in [2.75, 3.05) is 6.61 Å². The van der Waals surface area contributed by atoms with Crippen LogP contribution < -0.4 is 10.4 Å². The summed E-state index contributed by atoms with van der Waals surface area (Å²) in [6, 6.07) is 2.96. The summed E-state index contributed by atoms with van der Waals surface area (Å²) < 4.78 is 5.51. The van der Waals surface area contributed by atoms with Gasteiger partial charge in [0.1, 0.15) is 11.0 Å². The number of hydrogen-bond donors (Lipinski definition) is 2. The van der Waals surface area contributed by atoms with Crippen molar-refractivity contribution in [1.29, 1.82) is 0 Å². The fourth-order valence-corrected chi connectivity index (χ4v) is 1.79. The van der Waals surface area contributed by atoms with Gasteiger partial charge in [0, 0.05) is 12.1 Å². The fraction of sp³-hybridized carbons (Fsp3) is 0.462. The first kappa shape index (κ1) is 13.3. The topological polar surface area (TPSA) is 88.1 Å². The Balaban J connectivity index is 2.08. The number of aromatic amines is 1. The number of phenols is 1. The van der Waals surface area contributed by atoms with Gasteiger partial charge < -0.3 is 9.84 Å². The molecule has 1 aromatic carbocycles. The normalized spacial score (nSPS) is 10.8. The lowest BCUT2D eigenvalue weighted by Gasteiger charge is -2.08.